The topological polar surface area (TPSA) is 37.4 Å². The van der Waals surface area contributed by atoms with Gasteiger partial charge in [0.05, 0.1) is 4.88 Å². The molecule has 1 aliphatic rings. The second-order valence-corrected chi connectivity index (χ2v) is 6.86. The van der Waals surface area contributed by atoms with Crippen LogP contribution in [0, 0.1) is 5.92 Å². The van der Waals surface area contributed by atoms with Crippen LogP contribution < -0.4 is 0 Å². The molecule has 1 atom stereocenters. The number of amides is 1. The lowest BCUT2D eigenvalue weighted by molar-refractivity contribution is -0.125. The van der Waals surface area contributed by atoms with Crippen LogP contribution in [0.15, 0.2) is 17.5 Å². The quantitative estimate of drug-likeness (QED) is 0.851. The number of hydrogen-bond acceptors (Lipinski definition) is 4. The Morgan fingerprint density at radius 1 is 1.47 bits per heavy atom. The van der Waals surface area contributed by atoms with Crippen molar-refractivity contribution < 1.29 is 9.59 Å². The Labute approximate surface area is 119 Å². The van der Waals surface area contributed by atoms with E-state index in [0.29, 0.717) is 25.3 Å². The molecule has 5 heteroatoms. The summed E-state index contributed by atoms with van der Waals surface area (Å²) < 4.78 is 2.35. The summed E-state index contributed by atoms with van der Waals surface area (Å²) in [5, 5.41) is 2.04. The van der Waals surface area contributed by atoms with Gasteiger partial charge in [-0.05, 0) is 23.9 Å². The molecule has 19 heavy (non-hydrogen) atoms. The molecule has 0 radical (unpaired) electrons. The van der Waals surface area contributed by atoms with Gasteiger partial charge < -0.3 is 4.90 Å². The van der Waals surface area contributed by atoms with Gasteiger partial charge in [-0.15, -0.1) is 22.7 Å². The minimum absolute atomic E-state index is 0.0266. The highest BCUT2D eigenvalue weighted by Crippen LogP contribution is 2.31. The summed E-state index contributed by atoms with van der Waals surface area (Å²) >= 11 is 3.21. The van der Waals surface area contributed by atoms with Crippen LogP contribution in [0.4, 0.5) is 0 Å². The third-order valence-electron chi connectivity index (χ3n) is 3.65. The van der Waals surface area contributed by atoms with Crippen LogP contribution in [0.2, 0.25) is 0 Å². The number of Topliss-reactive ketones (excluding diaryl/α,β-unsaturated/α-hetero) is 1. The summed E-state index contributed by atoms with van der Waals surface area (Å²) in [7, 11) is 0. The fourth-order valence-corrected chi connectivity index (χ4v) is 4.55. The number of ketones is 1. The SMILES string of the molecule is CCC1CN(C(=O)c2cc3sccc3s2)CCC1=O. The van der Waals surface area contributed by atoms with E-state index in [4.69, 9.17) is 0 Å². The smallest absolute Gasteiger partial charge is 0.264 e. The van der Waals surface area contributed by atoms with E-state index in [0.717, 1.165) is 11.3 Å². The van der Waals surface area contributed by atoms with Crippen LogP contribution in [-0.4, -0.2) is 29.7 Å². The Kier molecular flexibility index (Phi) is 3.41. The van der Waals surface area contributed by atoms with Crippen molar-refractivity contribution in [2.75, 3.05) is 13.1 Å². The average molecular weight is 293 g/mol. The largest absolute Gasteiger partial charge is 0.337 e. The van der Waals surface area contributed by atoms with Crippen molar-refractivity contribution in [3.63, 3.8) is 0 Å². The van der Waals surface area contributed by atoms with Gasteiger partial charge in [0.1, 0.15) is 5.78 Å². The van der Waals surface area contributed by atoms with Gasteiger partial charge in [0, 0.05) is 34.8 Å². The van der Waals surface area contributed by atoms with Gasteiger partial charge in [0.2, 0.25) is 0 Å². The first-order valence-electron chi connectivity index (χ1n) is 6.48. The molecule has 1 saturated heterocycles. The minimum Gasteiger partial charge on any atom is -0.337 e. The molecular formula is C14H15NO2S2. The van der Waals surface area contributed by atoms with Gasteiger partial charge in [-0.3, -0.25) is 9.59 Å². The molecule has 3 rings (SSSR count). The number of piperidine rings is 1. The molecule has 100 valence electrons. The van der Waals surface area contributed by atoms with Crippen LogP contribution in [0.25, 0.3) is 9.40 Å². The van der Waals surface area contributed by atoms with E-state index >= 15 is 0 Å². The molecule has 2 aromatic heterocycles. The Morgan fingerprint density at radius 3 is 3.05 bits per heavy atom. The first-order chi connectivity index (χ1) is 9.19. The first-order valence-corrected chi connectivity index (χ1v) is 8.17. The fraction of sp³-hybridized carbons (Fsp3) is 0.429. The zero-order valence-corrected chi connectivity index (χ0v) is 12.4. The van der Waals surface area contributed by atoms with Gasteiger partial charge in [-0.1, -0.05) is 6.92 Å². The van der Waals surface area contributed by atoms with Crippen LogP contribution in [0.1, 0.15) is 29.4 Å². The number of hydrogen-bond donors (Lipinski definition) is 0. The molecule has 0 saturated carbocycles. The molecule has 1 aliphatic heterocycles. The molecule has 0 spiro atoms. The Balaban J connectivity index is 1.80. The number of likely N-dealkylation sites (tertiary alicyclic amines) is 1. The number of fused-ring (bicyclic) bond motifs is 1. The van der Waals surface area contributed by atoms with Gasteiger partial charge in [-0.2, -0.15) is 0 Å². The molecule has 3 nitrogen and oxygen atoms in total. The minimum atomic E-state index is 0.0266. The summed E-state index contributed by atoms with van der Waals surface area (Å²) in [4.78, 5) is 26.8. The fourth-order valence-electron chi connectivity index (χ4n) is 2.48. The monoisotopic (exact) mass is 293 g/mol. The average Bonchev–Trinajstić information content (AvgIpc) is 2.99. The summed E-state index contributed by atoms with van der Waals surface area (Å²) in [6.07, 6.45) is 1.33. The standard InChI is InChI=1S/C14H15NO2S2/c1-2-9-8-15(5-3-10(9)16)14(17)13-7-12-11(19-13)4-6-18-12/h4,6-7,9H,2-3,5,8H2,1H3. The highest BCUT2D eigenvalue weighted by Gasteiger charge is 2.29. The number of nitrogens with zero attached hydrogens (tertiary/aromatic N) is 1. The third-order valence-corrected chi connectivity index (χ3v) is 5.74. The number of carbonyl (C=O) groups is 2. The Bertz CT molecular complexity index is 600. The number of carbonyl (C=O) groups excluding carboxylic acids is 2. The second kappa shape index (κ2) is 5.06. The molecule has 0 N–H and O–H groups in total. The van der Waals surface area contributed by atoms with Crippen LogP contribution >= 0.6 is 22.7 Å². The normalized spacial score (nSPS) is 20.2. The molecule has 1 fully saturated rings. The summed E-state index contributed by atoms with van der Waals surface area (Å²) in [6, 6.07) is 4.03. The highest BCUT2D eigenvalue weighted by molar-refractivity contribution is 7.27. The van der Waals surface area contributed by atoms with Crippen molar-refractivity contribution in [2.24, 2.45) is 5.92 Å². The van der Waals surface area contributed by atoms with Gasteiger partial charge in [-0.25, -0.2) is 0 Å². The van der Waals surface area contributed by atoms with Crippen LogP contribution in [0.5, 0.6) is 0 Å². The number of thiophene rings is 2. The first kappa shape index (κ1) is 12.8. The highest BCUT2D eigenvalue weighted by atomic mass is 32.1. The molecule has 0 aliphatic carbocycles. The lowest BCUT2D eigenvalue weighted by Crippen LogP contribution is -2.43. The van der Waals surface area contributed by atoms with E-state index in [9.17, 15) is 9.59 Å². The summed E-state index contributed by atoms with van der Waals surface area (Å²) in [5.41, 5.74) is 0. The van der Waals surface area contributed by atoms with Gasteiger partial charge in [0.25, 0.3) is 5.91 Å². The van der Waals surface area contributed by atoms with Crippen LogP contribution in [-0.2, 0) is 4.79 Å². The van der Waals surface area contributed by atoms with E-state index in [2.05, 4.69) is 6.07 Å². The van der Waals surface area contributed by atoms with Gasteiger partial charge >= 0.3 is 0 Å². The molecule has 2 aromatic rings. The van der Waals surface area contributed by atoms with Crippen molar-refractivity contribution in [3.8, 4) is 0 Å². The zero-order chi connectivity index (χ0) is 13.4. The van der Waals surface area contributed by atoms with E-state index < -0.39 is 0 Å². The Morgan fingerprint density at radius 2 is 2.32 bits per heavy atom. The molecule has 0 aromatic carbocycles. The molecular weight excluding hydrogens is 278 g/mol. The molecule has 1 unspecified atom stereocenters. The lowest BCUT2D eigenvalue weighted by atomic mass is 9.94. The predicted molar refractivity (Wildman–Crippen MR) is 79.0 cm³/mol. The summed E-state index contributed by atoms with van der Waals surface area (Å²) in [6.45, 7) is 3.16. The van der Waals surface area contributed by atoms with Crippen molar-refractivity contribution in [1.82, 2.24) is 4.90 Å². The lowest BCUT2D eigenvalue weighted by Gasteiger charge is -2.31. The van der Waals surface area contributed by atoms with Crippen LogP contribution in [0.3, 0.4) is 0 Å². The zero-order valence-electron chi connectivity index (χ0n) is 10.7. The van der Waals surface area contributed by atoms with E-state index in [-0.39, 0.29) is 11.8 Å². The van der Waals surface area contributed by atoms with Crippen molar-refractivity contribution in [1.29, 1.82) is 0 Å². The second-order valence-electron chi connectivity index (χ2n) is 4.83. The van der Waals surface area contributed by atoms with Crippen molar-refractivity contribution >= 4 is 43.8 Å². The predicted octanol–water partition coefficient (Wildman–Crippen LogP) is 3.40. The van der Waals surface area contributed by atoms with Crippen molar-refractivity contribution in [2.45, 2.75) is 19.8 Å². The molecule has 1 amide bonds. The maximum atomic E-state index is 12.5. The molecule has 0 bridgehead atoms. The van der Waals surface area contributed by atoms with E-state index in [1.807, 2.05) is 23.3 Å². The van der Waals surface area contributed by atoms with Crippen molar-refractivity contribution in [3.05, 3.63) is 22.4 Å². The molecule has 3 heterocycles. The Hall–Kier alpha value is -1.20. The maximum absolute atomic E-state index is 12.5. The van der Waals surface area contributed by atoms with E-state index in [1.165, 1.54) is 9.40 Å². The number of rotatable bonds is 2. The third kappa shape index (κ3) is 2.32. The maximum Gasteiger partial charge on any atom is 0.264 e. The summed E-state index contributed by atoms with van der Waals surface area (Å²) in [5.74, 6) is 0.414. The van der Waals surface area contributed by atoms with Gasteiger partial charge in [0.15, 0.2) is 0 Å². The van der Waals surface area contributed by atoms with E-state index in [1.54, 1.807) is 22.7 Å².